The minimum atomic E-state index is 0.797. The van der Waals surface area contributed by atoms with Gasteiger partial charge in [-0.1, -0.05) is 67.4 Å². The van der Waals surface area contributed by atoms with Crippen molar-refractivity contribution in [3.8, 4) is 11.1 Å². The number of alkyl halides is 1. The van der Waals surface area contributed by atoms with Crippen LogP contribution in [0.15, 0.2) is 54.6 Å². The highest BCUT2D eigenvalue weighted by Gasteiger charge is 1.98. The van der Waals surface area contributed by atoms with E-state index in [9.17, 15) is 0 Å². The molecule has 0 saturated carbocycles. The van der Waals surface area contributed by atoms with E-state index in [0.29, 0.717) is 0 Å². The number of halogens is 1. The molecule has 0 nitrogen and oxygen atoms in total. The Bertz CT molecular complexity index is 459. The molecule has 2 rings (SSSR count). The summed E-state index contributed by atoms with van der Waals surface area (Å²) in [6.07, 6.45) is 6.13. The molecule has 0 spiro atoms. The SMILES string of the molecule is ClCCCCCCc1ccc(-c2ccccc2)cc1. The highest BCUT2D eigenvalue weighted by atomic mass is 35.5. The van der Waals surface area contributed by atoms with Gasteiger partial charge in [0.05, 0.1) is 0 Å². The normalized spacial score (nSPS) is 10.6. The van der Waals surface area contributed by atoms with Gasteiger partial charge in [0.1, 0.15) is 0 Å². The third-order valence-electron chi connectivity index (χ3n) is 3.41. The Hall–Kier alpha value is -1.27. The van der Waals surface area contributed by atoms with E-state index in [-0.39, 0.29) is 0 Å². The molecule has 0 unspecified atom stereocenters. The number of hydrogen-bond donors (Lipinski definition) is 0. The minimum absolute atomic E-state index is 0.797. The van der Waals surface area contributed by atoms with E-state index < -0.39 is 0 Å². The summed E-state index contributed by atoms with van der Waals surface area (Å²) in [6, 6.07) is 19.5. The standard InChI is InChI=1S/C18H21Cl/c19-15-7-2-1-4-8-16-11-13-18(14-12-16)17-9-5-3-6-10-17/h3,5-6,9-14H,1-2,4,7-8,15H2. The van der Waals surface area contributed by atoms with E-state index in [1.165, 1.54) is 42.4 Å². The molecule has 0 N–H and O–H groups in total. The molecular formula is C18H21Cl. The average Bonchev–Trinajstić information content (AvgIpc) is 2.49. The summed E-state index contributed by atoms with van der Waals surface area (Å²) in [6.45, 7) is 0. The predicted molar refractivity (Wildman–Crippen MR) is 84.8 cm³/mol. The lowest BCUT2D eigenvalue weighted by molar-refractivity contribution is 0.669. The van der Waals surface area contributed by atoms with Gasteiger partial charge in [0, 0.05) is 5.88 Å². The number of benzene rings is 2. The lowest BCUT2D eigenvalue weighted by Crippen LogP contribution is -1.87. The van der Waals surface area contributed by atoms with E-state index in [1.807, 2.05) is 0 Å². The molecular weight excluding hydrogens is 252 g/mol. The molecule has 0 aliphatic carbocycles. The predicted octanol–water partition coefficient (Wildman–Crippen LogP) is 5.70. The van der Waals surface area contributed by atoms with Gasteiger partial charge < -0.3 is 0 Å². The van der Waals surface area contributed by atoms with Gasteiger partial charge in [0.15, 0.2) is 0 Å². The van der Waals surface area contributed by atoms with E-state index in [2.05, 4.69) is 54.6 Å². The zero-order valence-electron chi connectivity index (χ0n) is 11.3. The minimum Gasteiger partial charge on any atom is -0.127 e. The second-order valence-corrected chi connectivity index (χ2v) is 5.29. The Morgan fingerprint density at radius 2 is 1.26 bits per heavy atom. The van der Waals surface area contributed by atoms with Crippen molar-refractivity contribution in [2.24, 2.45) is 0 Å². The van der Waals surface area contributed by atoms with Crippen molar-refractivity contribution in [3.63, 3.8) is 0 Å². The molecule has 0 aliphatic heterocycles. The van der Waals surface area contributed by atoms with E-state index in [0.717, 1.165) is 12.3 Å². The fourth-order valence-electron chi connectivity index (χ4n) is 2.27. The number of unbranched alkanes of at least 4 members (excludes halogenated alkanes) is 3. The average molecular weight is 273 g/mol. The summed E-state index contributed by atoms with van der Waals surface area (Å²) >= 11 is 5.67. The van der Waals surface area contributed by atoms with Crippen LogP contribution in [0.5, 0.6) is 0 Å². The van der Waals surface area contributed by atoms with Crippen LogP contribution >= 0.6 is 11.6 Å². The number of aryl methyl sites for hydroxylation is 1. The first-order chi connectivity index (χ1) is 9.40. The molecule has 0 bridgehead atoms. The van der Waals surface area contributed by atoms with Gasteiger partial charge in [-0.05, 0) is 36.0 Å². The van der Waals surface area contributed by atoms with Gasteiger partial charge in [-0.15, -0.1) is 11.6 Å². The number of rotatable bonds is 7. The fourth-order valence-corrected chi connectivity index (χ4v) is 2.46. The van der Waals surface area contributed by atoms with Crippen LogP contribution in [-0.4, -0.2) is 5.88 Å². The molecule has 0 fully saturated rings. The van der Waals surface area contributed by atoms with Gasteiger partial charge in [-0.25, -0.2) is 0 Å². The monoisotopic (exact) mass is 272 g/mol. The lowest BCUT2D eigenvalue weighted by Gasteiger charge is -2.04. The Kier molecular flexibility index (Phi) is 5.97. The summed E-state index contributed by atoms with van der Waals surface area (Å²) in [4.78, 5) is 0. The highest BCUT2D eigenvalue weighted by molar-refractivity contribution is 6.17. The summed E-state index contributed by atoms with van der Waals surface area (Å²) in [5.74, 6) is 0.797. The molecule has 0 saturated heterocycles. The topological polar surface area (TPSA) is 0 Å². The molecule has 0 radical (unpaired) electrons. The third-order valence-corrected chi connectivity index (χ3v) is 3.68. The van der Waals surface area contributed by atoms with Crippen molar-refractivity contribution in [1.29, 1.82) is 0 Å². The lowest BCUT2D eigenvalue weighted by atomic mass is 10.0. The molecule has 100 valence electrons. The Labute approximate surface area is 121 Å². The smallest absolute Gasteiger partial charge is 0.0223 e. The molecule has 0 amide bonds. The maximum absolute atomic E-state index is 5.67. The van der Waals surface area contributed by atoms with Crippen molar-refractivity contribution in [2.75, 3.05) is 5.88 Å². The summed E-state index contributed by atoms with van der Waals surface area (Å²) in [5, 5.41) is 0. The van der Waals surface area contributed by atoms with Crippen LogP contribution in [0.4, 0.5) is 0 Å². The third kappa shape index (κ3) is 4.72. The quantitative estimate of drug-likeness (QED) is 0.448. The van der Waals surface area contributed by atoms with Crippen molar-refractivity contribution in [3.05, 3.63) is 60.2 Å². The Morgan fingerprint density at radius 1 is 0.632 bits per heavy atom. The molecule has 19 heavy (non-hydrogen) atoms. The van der Waals surface area contributed by atoms with Crippen LogP contribution in [0.3, 0.4) is 0 Å². The van der Waals surface area contributed by atoms with Gasteiger partial charge >= 0.3 is 0 Å². The van der Waals surface area contributed by atoms with Crippen molar-refractivity contribution in [2.45, 2.75) is 32.1 Å². The maximum Gasteiger partial charge on any atom is 0.0223 e. The van der Waals surface area contributed by atoms with Crippen LogP contribution in [0.1, 0.15) is 31.2 Å². The second-order valence-electron chi connectivity index (χ2n) is 4.92. The number of hydrogen-bond acceptors (Lipinski definition) is 0. The molecule has 2 aromatic rings. The Balaban J connectivity index is 1.85. The van der Waals surface area contributed by atoms with Gasteiger partial charge in [-0.2, -0.15) is 0 Å². The van der Waals surface area contributed by atoms with E-state index >= 15 is 0 Å². The first-order valence-electron chi connectivity index (χ1n) is 7.10. The van der Waals surface area contributed by atoms with Crippen LogP contribution < -0.4 is 0 Å². The van der Waals surface area contributed by atoms with Crippen molar-refractivity contribution >= 4 is 11.6 Å². The van der Waals surface area contributed by atoms with Crippen LogP contribution in [0.2, 0.25) is 0 Å². The summed E-state index contributed by atoms with van der Waals surface area (Å²) in [5.41, 5.74) is 4.02. The van der Waals surface area contributed by atoms with Gasteiger partial charge in [0.25, 0.3) is 0 Å². The molecule has 0 aliphatic rings. The largest absolute Gasteiger partial charge is 0.127 e. The van der Waals surface area contributed by atoms with Crippen molar-refractivity contribution < 1.29 is 0 Å². The first-order valence-corrected chi connectivity index (χ1v) is 7.64. The molecule has 0 atom stereocenters. The molecule has 0 aromatic heterocycles. The van der Waals surface area contributed by atoms with E-state index in [4.69, 9.17) is 11.6 Å². The fraction of sp³-hybridized carbons (Fsp3) is 0.333. The highest BCUT2D eigenvalue weighted by Crippen LogP contribution is 2.20. The van der Waals surface area contributed by atoms with Crippen LogP contribution in [0.25, 0.3) is 11.1 Å². The van der Waals surface area contributed by atoms with Crippen LogP contribution in [-0.2, 0) is 6.42 Å². The van der Waals surface area contributed by atoms with E-state index in [1.54, 1.807) is 0 Å². The molecule has 1 heteroatoms. The van der Waals surface area contributed by atoms with Crippen molar-refractivity contribution in [1.82, 2.24) is 0 Å². The first kappa shape index (κ1) is 14.1. The van der Waals surface area contributed by atoms with Crippen LogP contribution in [0, 0.1) is 0 Å². The zero-order chi connectivity index (χ0) is 13.3. The van der Waals surface area contributed by atoms with Gasteiger partial charge in [-0.3, -0.25) is 0 Å². The zero-order valence-corrected chi connectivity index (χ0v) is 12.1. The molecule has 2 aromatic carbocycles. The Morgan fingerprint density at radius 3 is 1.95 bits per heavy atom. The second kappa shape index (κ2) is 8.01. The summed E-state index contributed by atoms with van der Waals surface area (Å²) in [7, 11) is 0. The summed E-state index contributed by atoms with van der Waals surface area (Å²) < 4.78 is 0. The maximum atomic E-state index is 5.67. The van der Waals surface area contributed by atoms with Gasteiger partial charge in [0.2, 0.25) is 0 Å². The molecule has 0 heterocycles.